The van der Waals surface area contributed by atoms with Gasteiger partial charge in [-0.15, -0.1) is 0 Å². The van der Waals surface area contributed by atoms with Crippen molar-refractivity contribution < 1.29 is 8.83 Å². The minimum atomic E-state index is 0.672. The second-order valence-corrected chi connectivity index (χ2v) is 13.9. The summed E-state index contributed by atoms with van der Waals surface area (Å²) in [7, 11) is 0. The van der Waals surface area contributed by atoms with Crippen LogP contribution in [0.3, 0.4) is 0 Å². The van der Waals surface area contributed by atoms with E-state index < -0.39 is 0 Å². The molecule has 0 amide bonds. The van der Waals surface area contributed by atoms with Crippen LogP contribution < -0.4 is 0 Å². The van der Waals surface area contributed by atoms with Crippen molar-refractivity contribution in [2.45, 2.75) is 0 Å². The lowest BCUT2D eigenvalue weighted by atomic mass is 9.93. The summed E-state index contributed by atoms with van der Waals surface area (Å²) in [5.74, 6) is 0.672. The second kappa shape index (κ2) is 13.0. The van der Waals surface area contributed by atoms with Gasteiger partial charge in [0, 0.05) is 61.8 Å². The molecule has 0 aliphatic rings. The van der Waals surface area contributed by atoms with E-state index in [4.69, 9.17) is 18.8 Å². The van der Waals surface area contributed by atoms with Crippen molar-refractivity contribution in [3.8, 4) is 67.3 Å². The molecule has 0 atom stereocenters. The van der Waals surface area contributed by atoms with Gasteiger partial charge in [0.25, 0.3) is 0 Å². The van der Waals surface area contributed by atoms with E-state index in [1.165, 1.54) is 0 Å². The number of fused-ring (bicyclic) bond motifs is 6. The number of benzene rings is 7. The molecule has 5 nitrogen and oxygen atoms in total. The minimum absolute atomic E-state index is 0.672. The van der Waals surface area contributed by atoms with Crippen molar-refractivity contribution in [2.24, 2.45) is 0 Å². The molecular formula is C51H31N3O2. The van der Waals surface area contributed by atoms with Crippen LogP contribution in [0.5, 0.6) is 0 Å². The number of hydrogen-bond acceptors (Lipinski definition) is 5. The van der Waals surface area contributed by atoms with E-state index in [-0.39, 0.29) is 0 Å². The summed E-state index contributed by atoms with van der Waals surface area (Å²) in [6.45, 7) is 0. The molecule has 0 bridgehead atoms. The molecule has 0 saturated carbocycles. The van der Waals surface area contributed by atoms with Crippen molar-refractivity contribution in [1.82, 2.24) is 15.0 Å². The van der Waals surface area contributed by atoms with Gasteiger partial charge >= 0.3 is 0 Å². The van der Waals surface area contributed by atoms with Crippen LogP contribution in [-0.2, 0) is 0 Å². The van der Waals surface area contributed by atoms with Crippen LogP contribution in [0.15, 0.2) is 197 Å². The fourth-order valence-electron chi connectivity index (χ4n) is 8.00. The Morgan fingerprint density at radius 2 is 0.929 bits per heavy atom. The zero-order valence-electron chi connectivity index (χ0n) is 30.1. The third-order valence-electron chi connectivity index (χ3n) is 10.7. The van der Waals surface area contributed by atoms with Gasteiger partial charge in [0.2, 0.25) is 0 Å². The number of pyridine rings is 1. The minimum Gasteiger partial charge on any atom is -0.455 e. The predicted octanol–water partition coefficient (Wildman–Crippen LogP) is 13.7. The van der Waals surface area contributed by atoms with Crippen molar-refractivity contribution in [3.63, 3.8) is 0 Å². The summed E-state index contributed by atoms with van der Waals surface area (Å²) in [6, 6.07) is 60.5. The third-order valence-corrected chi connectivity index (χ3v) is 10.7. The highest BCUT2D eigenvalue weighted by Crippen LogP contribution is 2.45. The molecule has 7 aromatic carbocycles. The van der Waals surface area contributed by atoms with E-state index in [9.17, 15) is 0 Å². The lowest BCUT2D eigenvalue weighted by Gasteiger charge is -2.13. The van der Waals surface area contributed by atoms with Crippen molar-refractivity contribution in [2.75, 3.05) is 0 Å². The average Bonchev–Trinajstić information content (AvgIpc) is 3.86. The largest absolute Gasteiger partial charge is 0.455 e. The molecule has 0 N–H and O–H groups in total. The SMILES string of the molecule is c1ccc(-c2nc(-c3ccc(-c4ccc(-c5cccc6c5oc5ccccc56)c5c4oc4ccccc45)cc3)cc(-c3ccccc3-c3ccncc3)n2)cc1. The summed E-state index contributed by atoms with van der Waals surface area (Å²) >= 11 is 0. The number of para-hydroxylation sites is 3. The highest BCUT2D eigenvalue weighted by Gasteiger charge is 2.21. The van der Waals surface area contributed by atoms with Crippen LogP contribution in [0.4, 0.5) is 0 Å². The molecule has 56 heavy (non-hydrogen) atoms. The monoisotopic (exact) mass is 717 g/mol. The van der Waals surface area contributed by atoms with Gasteiger partial charge in [-0.1, -0.05) is 140 Å². The van der Waals surface area contributed by atoms with Crippen LogP contribution in [0, 0.1) is 0 Å². The van der Waals surface area contributed by atoms with E-state index >= 15 is 0 Å². The first-order valence-corrected chi connectivity index (χ1v) is 18.7. The molecule has 0 spiro atoms. The number of aromatic nitrogens is 3. The van der Waals surface area contributed by atoms with E-state index in [0.717, 1.165) is 105 Å². The maximum absolute atomic E-state index is 6.71. The van der Waals surface area contributed by atoms with Gasteiger partial charge in [-0.3, -0.25) is 4.98 Å². The summed E-state index contributed by atoms with van der Waals surface area (Å²) in [5, 5.41) is 4.34. The Morgan fingerprint density at radius 3 is 1.75 bits per heavy atom. The van der Waals surface area contributed by atoms with Crippen LogP contribution in [0.25, 0.3) is 111 Å². The highest BCUT2D eigenvalue weighted by atomic mass is 16.3. The zero-order valence-corrected chi connectivity index (χ0v) is 30.1. The van der Waals surface area contributed by atoms with Gasteiger partial charge in [-0.25, -0.2) is 9.97 Å². The van der Waals surface area contributed by atoms with Crippen LogP contribution in [0.1, 0.15) is 0 Å². The molecule has 11 rings (SSSR count). The molecule has 0 saturated heterocycles. The molecule has 0 unspecified atom stereocenters. The Kier molecular flexibility index (Phi) is 7.42. The molecule has 11 aromatic rings. The number of rotatable bonds is 6. The number of nitrogens with zero attached hydrogens (tertiary/aromatic N) is 3. The van der Waals surface area contributed by atoms with Crippen molar-refractivity contribution in [3.05, 3.63) is 188 Å². The second-order valence-electron chi connectivity index (χ2n) is 13.9. The summed E-state index contributed by atoms with van der Waals surface area (Å²) < 4.78 is 13.2. The lowest BCUT2D eigenvalue weighted by molar-refractivity contribution is 0.669. The van der Waals surface area contributed by atoms with Crippen LogP contribution in [-0.4, -0.2) is 15.0 Å². The molecule has 0 aliphatic carbocycles. The lowest BCUT2D eigenvalue weighted by Crippen LogP contribution is -1.97. The quantitative estimate of drug-likeness (QED) is 0.171. The van der Waals surface area contributed by atoms with E-state index in [0.29, 0.717) is 5.82 Å². The Balaban J connectivity index is 1.05. The first-order valence-electron chi connectivity index (χ1n) is 18.7. The Morgan fingerprint density at radius 1 is 0.339 bits per heavy atom. The van der Waals surface area contributed by atoms with E-state index in [1.807, 2.05) is 67.0 Å². The molecule has 4 aromatic heterocycles. The van der Waals surface area contributed by atoms with Crippen molar-refractivity contribution in [1.29, 1.82) is 0 Å². The van der Waals surface area contributed by atoms with Gasteiger partial charge in [-0.05, 0) is 58.7 Å². The Labute approximate surface area is 322 Å². The zero-order chi connectivity index (χ0) is 37.0. The number of furan rings is 2. The smallest absolute Gasteiger partial charge is 0.160 e. The van der Waals surface area contributed by atoms with Crippen LogP contribution >= 0.6 is 0 Å². The van der Waals surface area contributed by atoms with E-state index in [2.05, 4.69) is 126 Å². The fourth-order valence-corrected chi connectivity index (χ4v) is 8.00. The average molecular weight is 718 g/mol. The Hall–Kier alpha value is -7.63. The number of hydrogen-bond donors (Lipinski definition) is 0. The van der Waals surface area contributed by atoms with Gasteiger partial charge in [0.15, 0.2) is 5.82 Å². The standard InChI is InChI=1S/C51H31N3O2/c1-2-11-35(12-3-1)51-53-44(31-45(54-51)38-14-5-4-13-36(38)33-27-29-52-30-28-33)34-23-21-32(22-24-34)37-25-26-40(48-43-16-7-9-20-47(43)56-50(37)48)42-18-10-17-41-39-15-6-8-19-46(39)55-49(41)42/h1-31H. The molecule has 0 radical (unpaired) electrons. The predicted molar refractivity (Wildman–Crippen MR) is 227 cm³/mol. The molecule has 262 valence electrons. The molecule has 0 fully saturated rings. The first kappa shape index (κ1) is 31.9. The summed E-state index contributed by atoms with van der Waals surface area (Å²) in [6.07, 6.45) is 3.64. The topological polar surface area (TPSA) is 65.0 Å². The fraction of sp³-hybridized carbons (Fsp3) is 0. The van der Waals surface area contributed by atoms with Gasteiger partial charge < -0.3 is 8.83 Å². The van der Waals surface area contributed by atoms with Gasteiger partial charge in [-0.2, -0.15) is 0 Å². The van der Waals surface area contributed by atoms with Crippen molar-refractivity contribution >= 4 is 43.9 Å². The van der Waals surface area contributed by atoms with E-state index in [1.54, 1.807) is 0 Å². The van der Waals surface area contributed by atoms with Gasteiger partial charge in [0.1, 0.15) is 22.3 Å². The summed E-state index contributed by atoms with van der Waals surface area (Å²) in [4.78, 5) is 14.5. The highest BCUT2D eigenvalue weighted by molar-refractivity contribution is 6.19. The van der Waals surface area contributed by atoms with Gasteiger partial charge in [0.05, 0.1) is 11.4 Å². The van der Waals surface area contributed by atoms with Crippen LogP contribution in [0.2, 0.25) is 0 Å². The third kappa shape index (κ3) is 5.29. The first-order chi connectivity index (χ1) is 27.8. The molecule has 0 aliphatic heterocycles. The molecule has 4 heterocycles. The summed E-state index contributed by atoms with van der Waals surface area (Å²) in [5.41, 5.74) is 14.5. The maximum atomic E-state index is 6.71. The normalized spacial score (nSPS) is 11.6. The molecular weight excluding hydrogens is 687 g/mol. The molecule has 5 heteroatoms. The maximum Gasteiger partial charge on any atom is 0.160 e. The Bertz CT molecular complexity index is 3240.